The number of aromatic hydroxyl groups is 1. The third-order valence-electron chi connectivity index (χ3n) is 3.63. The van der Waals surface area contributed by atoms with Gasteiger partial charge in [0.15, 0.2) is 0 Å². The molecular weight excluding hydrogens is 284 g/mol. The van der Waals surface area contributed by atoms with Crippen molar-refractivity contribution in [1.29, 1.82) is 0 Å². The fourth-order valence-electron chi connectivity index (χ4n) is 2.62. The molecule has 0 aliphatic rings. The lowest BCUT2D eigenvalue weighted by Gasteiger charge is -2.06. The summed E-state index contributed by atoms with van der Waals surface area (Å²) in [5.74, 6) is 0.281. The molecule has 0 unspecified atom stereocenters. The molecule has 0 radical (unpaired) electrons. The highest BCUT2D eigenvalue weighted by molar-refractivity contribution is 6.31. The number of phenolic OH excluding ortho intramolecular Hbond substituents is 1. The quantitative estimate of drug-likeness (QED) is 0.774. The summed E-state index contributed by atoms with van der Waals surface area (Å²) >= 11 is 6.13. The molecule has 0 bridgehead atoms. The van der Waals surface area contributed by atoms with E-state index in [0.29, 0.717) is 6.54 Å². The molecule has 3 rings (SSSR count). The molecule has 1 aromatic heterocycles. The first-order valence-corrected chi connectivity index (χ1v) is 7.30. The van der Waals surface area contributed by atoms with Crippen LogP contribution >= 0.6 is 11.6 Å². The fourth-order valence-corrected chi connectivity index (χ4v) is 2.79. The highest BCUT2D eigenvalue weighted by Gasteiger charge is 2.09. The second-order valence-electron chi connectivity index (χ2n) is 5.15. The summed E-state index contributed by atoms with van der Waals surface area (Å²) in [6.45, 7) is 1.36. The minimum absolute atomic E-state index is 0.281. The minimum Gasteiger partial charge on any atom is -0.508 e. The molecule has 4 heteroatoms. The van der Waals surface area contributed by atoms with Gasteiger partial charge in [-0.3, -0.25) is 0 Å². The Hall–Kier alpha value is -1.97. The predicted octanol–water partition coefficient (Wildman–Crippen LogP) is 3.55. The average molecular weight is 301 g/mol. The van der Waals surface area contributed by atoms with Crippen LogP contribution in [-0.4, -0.2) is 16.2 Å². The maximum atomic E-state index is 9.37. The van der Waals surface area contributed by atoms with Gasteiger partial charge in [0.2, 0.25) is 0 Å². The maximum absolute atomic E-state index is 9.37. The average Bonchev–Trinajstić information content (AvgIpc) is 2.79. The van der Waals surface area contributed by atoms with Crippen LogP contribution in [0.25, 0.3) is 10.9 Å². The zero-order chi connectivity index (χ0) is 14.8. The Morgan fingerprint density at radius 3 is 2.57 bits per heavy atom. The van der Waals surface area contributed by atoms with Crippen molar-refractivity contribution >= 4 is 22.5 Å². The van der Waals surface area contributed by atoms with E-state index in [1.165, 1.54) is 10.9 Å². The summed E-state index contributed by atoms with van der Waals surface area (Å²) in [4.78, 5) is 0. The van der Waals surface area contributed by atoms with E-state index >= 15 is 0 Å². The fraction of sp³-hybridized carbons (Fsp3) is 0.176. The Morgan fingerprint density at radius 1 is 1.10 bits per heavy atom. The topological polar surface area (TPSA) is 51.2 Å². The van der Waals surface area contributed by atoms with E-state index in [-0.39, 0.29) is 5.75 Å². The number of fused-ring (bicyclic) bond motifs is 1. The smallest absolute Gasteiger partial charge is 0.115 e. The zero-order valence-electron chi connectivity index (χ0n) is 11.6. The van der Waals surface area contributed by atoms with E-state index in [0.717, 1.165) is 29.1 Å². The van der Waals surface area contributed by atoms with Crippen LogP contribution in [0.4, 0.5) is 0 Å². The second kappa shape index (κ2) is 5.80. The summed E-state index contributed by atoms with van der Waals surface area (Å²) in [7, 11) is 0. The lowest BCUT2D eigenvalue weighted by molar-refractivity contribution is 0.475. The molecular formula is C17H17ClN2O. The van der Waals surface area contributed by atoms with E-state index in [2.05, 4.69) is 16.8 Å². The van der Waals surface area contributed by atoms with Crippen LogP contribution in [0, 0.1) is 0 Å². The Balaban J connectivity index is 2.04. The van der Waals surface area contributed by atoms with E-state index in [9.17, 15) is 5.11 Å². The molecule has 3 N–H and O–H groups in total. The molecule has 0 saturated heterocycles. The standard InChI is InChI=1S/C17H17ClN2O/c18-14-3-6-16-13(7-8-19)11-20(17(16)9-14)10-12-1-4-15(21)5-2-12/h1-6,9,11,21H,7-8,10,19H2. The molecule has 1 heterocycles. The van der Waals surface area contributed by atoms with Crippen LogP contribution in [0.1, 0.15) is 11.1 Å². The van der Waals surface area contributed by atoms with Crippen LogP contribution in [0.2, 0.25) is 5.02 Å². The zero-order valence-corrected chi connectivity index (χ0v) is 12.3. The van der Waals surface area contributed by atoms with Gasteiger partial charge in [0.05, 0.1) is 5.52 Å². The summed E-state index contributed by atoms with van der Waals surface area (Å²) in [6.07, 6.45) is 2.99. The lowest BCUT2D eigenvalue weighted by Crippen LogP contribution is -2.02. The van der Waals surface area contributed by atoms with Crippen LogP contribution in [-0.2, 0) is 13.0 Å². The van der Waals surface area contributed by atoms with Crippen molar-refractivity contribution in [2.75, 3.05) is 6.54 Å². The third-order valence-corrected chi connectivity index (χ3v) is 3.86. The lowest BCUT2D eigenvalue weighted by atomic mass is 10.1. The Morgan fingerprint density at radius 2 is 1.86 bits per heavy atom. The van der Waals surface area contributed by atoms with Gasteiger partial charge in [-0.1, -0.05) is 29.8 Å². The first-order chi connectivity index (χ1) is 10.2. The van der Waals surface area contributed by atoms with Crippen LogP contribution in [0.15, 0.2) is 48.7 Å². The predicted molar refractivity (Wildman–Crippen MR) is 86.9 cm³/mol. The number of rotatable bonds is 4. The van der Waals surface area contributed by atoms with Gasteiger partial charge in [-0.2, -0.15) is 0 Å². The number of hydrogen-bond donors (Lipinski definition) is 2. The molecule has 0 aliphatic carbocycles. The van der Waals surface area contributed by atoms with Gasteiger partial charge in [-0.25, -0.2) is 0 Å². The van der Waals surface area contributed by atoms with Crippen molar-refractivity contribution in [2.45, 2.75) is 13.0 Å². The normalized spacial score (nSPS) is 11.1. The monoisotopic (exact) mass is 300 g/mol. The Labute approximate surface area is 128 Å². The van der Waals surface area contributed by atoms with Crippen molar-refractivity contribution in [3.8, 4) is 5.75 Å². The van der Waals surface area contributed by atoms with E-state index in [1.54, 1.807) is 12.1 Å². The maximum Gasteiger partial charge on any atom is 0.115 e. The van der Waals surface area contributed by atoms with Crippen molar-refractivity contribution in [3.63, 3.8) is 0 Å². The number of nitrogens with zero attached hydrogens (tertiary/aromatic N) is 1. The number of phenols is 1. The molecule has 0 amide bonds. The summed E-state index contributed by atoms with van der Waals surface area (Å²) in [6, 6.07) is 13.2. The van der Waals surface area contributed by atoms with E-state index in [1.807, 2.05) is 24.3 Å². The number of aromatic nitrogens is 1. The molecule has 108 valence electrons. The molecule has 0 spiro atoms. The van der Waals surface area contributed by atoms with Crippen molar-refractivity contribution < 1.29 is 5.11 Å². The van der Waals surface area contributed by atoms with Crippen molar-refractivity contribution in [1.82, 2.24) is 4.57 Å². The largest absolute Gasteiger partial charge is 0.508 e. The van der Waals surface area contributed by atoms with Gasteiger partial charge in [0.1, 0.15) is 5.75 Å². The van der Waals surface area contributed by atoms with Crippen LogP contribution < -0.4 is 5.73 Å². The number of nitrogens with two attached hydrogens (primary N) is 1. The number of halogens is 1. The van der Waals surface area contributed by atoms with Gasteiger partial charge >= 0.3 is 0 Å². The Bertz CT molecular complexity index is 762. The van der Waals surface area contributed by atoms with Gasteiger partial charge in [0, 0.05) is 23.2 Å². The SMILES string of the molecule is NCCc1cn(Cc2ccc(O)cc2)c2cc(Cl)ccc12. The first-order valence-electron chi connectivity index (χ1n) is 6.92. The van der Waals surface area contributed by atoms with Gasteiger partial charge in [-0.05, 0) is 48.4 Å². The van der Waals surface area contributed by atoms with Crippen molar-refractivity contribution in [2.24, 2.45) is 5.73 Å². The summed E-state index contributed by atoms with van der Waals surface area (Å²) < 4.78 is 2.18. The van der Waals surface area contributed by atoms with Gasteiger partial charge < -0.3 is 15.4 Å². The molecule has 0 saturated carbocycles. The summed E-state index contributed by atoms with van der Waals surface area (Å²) in [5, 5.41) is 11.3. The highest BCUT2D eigenvalue weighted by atomic mass is 35.5. The first kappa shape index (κ1) is 14.0. The Kier molecular flexibility index (Phi) is 3.86. The molecule has 0 fully saturated rings. The molecule has 2 aromatic carbocycles. The van der Waals surface area contributed by atoms with E-state index in [4.69, 9.17) is 17.3 Å². The number of benzene rings is 2. The van der Waals surface area contributed by atoms with Gasteiger partial charge in [0.25, 0.3) is 0 Å². The van der Waals surface area contributed by atoms with Crippen LogP contribution in [0.3, 0.4) is 0 Å². The molecule has 0 aliphatic heterocycles. The molecule has 21 heavy (non-hydrogen) atoms. The minimum atomic E-state index is 0.281. The molecule has 3 nitrogen and oxygen atoms in total. The third kappa shape index (κ3) is 2.89. The van der Waals surface area contributed by atoms with E-state index < -0.39 is 0 Å². The van der Waals surface area contributed by atoms with Crippen LogP contribution in [0.5, 0.6) is 5.75 Å². The van der Waals surface area contributed by atoms with Crippen molar-refractivity contribution in [3.05, 3.63) is 64.8 Å². The van der Waals surface area contributed by atoms with Gasteiger partial charge in [-0.15, -0.1) is 0 Å². The molecule has 0 atom stereocenters. The summed E-state index contributed by atoms with van der Waals surface area (Å²) in [5.41, 5.74) is 9.17. The number of hydrogen-bond acceptors (Lipinski definition) is 2. The second-order valence-corrected chi connectivity index (χ2v) is 5.59. The molecule has 3 aromatic rings. The highest BCUT2D eigenvalue weighted by Crippen LogP contribution is 2.26.